The Kier molecular flexibility index (Phi) is 4.87. The molecule has 98 valence electrons. The highest BCUT2D eigenvalue weighted by Gasteiger charge is 2.25. The van der Waals surface area contributed by atoms with Crippen LogP contribution >= 0.6 is 0 Å². The Hall–Kier alpha value is -1.39. The molecular weight excluding hydrogens is 260 g/mol. The first-order valence-corrected chi connectivity index (χ1v) is 6.70. The lowest BCUT2D eigenvalue weighted by Crippen LogP contribution is -2.14. The summed E-state index contributed by atoms with van der Waals surface area (Å²) in [7, 11) is -1.36. The van der Waals surface area contributed by atoms with E-state index in [1.807, 2.05) is 0 Å². The Morgan fingerprint density at radius 2 is 2.22 bits per heavy atom. The van der Waals surface area contributed by atoms with E-state index in [0.717, 1.165) is 10.9 Å². The summed E-state index contributed by atoms with van der Waals surface area (Å²) in [6.07, 6.45) is 4.98. The predicted molar refractivity (Wildman–Crippen MR) is 62.3 cm³/mol. The van der Waals surface area contributed by atoms with Gasteiger partial charge in [-0.25, -0.2) is 0 Å². The molecule has 1 rings (SSSR count). The molecule has 0 spiro atoms. The van der Waals surface area contributed by atoms with Crippen molar-refractivity contribution in [3.05, 3.63) is 29.6 Å². The van der Waals surface area contributed by atoms with Gasteiger partial charge >= 0.3 is 6.19 Å². The third-order valence-corrected chi connectivity index (χ3v) is 3.18. The fraction of sp³-hybridized carbons (Fsp3) is 0.455. The van der Waals surface area contributed by atoms with Gasteiger partial charge in [0.1, 0.15) is 12.2 Å². The summed E-state index contributed by atoms with van der Waals surface area (Å²) >= 11 is 0. The van der Waals surface area contributed by atoms with Crippen LogP contribution < -0.4 is 0 Å². The van der Waals surface area contributed by atoms with E-state index in [0.29, 0.717) is 12.0 Å². The lowest BCUT2D eigenvalue weighted by Gasteiger charge is -2.10. The second-order valence-corrected chi connectivity index (χ2v) is 5.10. The molecule has 7 heteroatoms. The van der Waals surface area contributed by atoms with E-state index in [1.165, 1.54) is 24.6 Å². The maximum absolute atomic E-state index is 12.9. The second kappa shape index (κ2) is 5.98. The maximum Gasteiger partial charge on any atom is 0.464 e. The van der Waals surface area contributed by atoms with Crippen LogP contribution in [0.5, 0.6) is 0 Å². The molecule has 0 amide bonds. The van der Waals surface area contributed by atoms with E-state index in [2.05, 4.69) is 4.98 Å². The Bertz CT molecular complexity index is 484. The molecule has 0 aliphatic rings. The Morgan fingerprint density at radius 3 is 2.61 bits per heavy atom. The SMILES string of the molecule is CS([O-])=[N+](C#N)CCc1ccc(C(C)(F)F)nc1. The molecule has 1 aromatic heterocycles. The van der Waals surface area contributed by atoms with E-state index in [-0.39, 0.29) is 12.2 Å². The molecule has 0 aliphatic heterocycles. The van der Waals surface area contributed by atoms with Crippen LogP contribution in [-0.4, -0.2) is 26.3 Å². The van der Waals surface area contributed by atoms with E-state index in [4.69, 9.17) is 5.26 Å². The van der Waals surface area contributed by atoms with Gasteiger partial charge in [0.2, 0.25) is 0 Å². The van der Waals surface area contributed by atoms with Crippen LogP contribution in [0.1, 0.15) is 18.2 Å². The van der Waals surface area contributed by atoms with Crippen molar-refractivity contribution < 1.29 is 17.3 Å². The Labute approximate surface area is 107 Å². The van der Waals surface area contributed by atoms with Crippen LogP contribution in [0.2, 0.25) is 0 Å². The zero-order valence-corrected chi connectivity index (χ0v) is 10.9. The summed E-state index contributed by atoms with van der Waals surface area (Å²) in [5.74, 6) is -2.96. The summed E-state index contributed by atoms with van der Waals surface area (Å²) in [4.78, 5) is 3.67. The largest absolute Gasteiger partial charge is 0.772 e. The summed E-state index contributed by atoms with van der Waals surface area (Å²) in [6.45, 7) is 1.05. The minimum Gasteiger partial charge on any atom is -0.772 e. The van der Waals surface area contributed by atoms with Crippen molar-refractivity contribution in [2.45, 2.75) is 19.3 Å². The fourth-order valence-electron chi connectivity index (χ4n) is 1.30. The first-order chi connectivity index (χ1) is 8.34. The molecule has 0 bridgehead atoms. The number of aromatic nitrogens is 1. The van der Waals surface area contributed by atoms with Gasteiger partial charge in [-0.3, -0.25) is 4.98 Å². The topological polar surface area (TPSA) is 62.8 Å². The monoisotopic (exact) mass is 273 g/mol. The molecule has 1 unspecified atom stereocenters. The first kappa shape index (κ1) is 14.7. The number of hydrogen-bond donors (Lipinski definition) is 0. The average molecular weight is 273 g/mol. The smallest absolute Gasteiger partial charge is 0.464 e. The zero-order valence-electron chi connectivity index (χ0n) is 10.1. The van der Waals surface area contributed by atoms with E-state index in [9.17, 15) is 13.3 Å². The number of nitriles is 1. The van der Waals surface area contributed by atoms with E-state index >= 15 is 0 Å². The molecule has 18 heavy (non-hydrogen) atoms. The van der Waals surface area contributed by atoms with Gasteiger partial charge in [-0.15, -0.1) is 11.0 Å². The van der Waals surface area contributed by atoms with Gasteiger partial charge in [0.05, 0.1) is 0 Å². The number of alkyl halides is 2. The van der Waals surface area contributed by atoms with Crippen molar-refractivity contribution in [2.24, 2.45) is 0 Å². The van der Waals surface area contributed by atoms with Crippen LogP contribution in [0.4, 0.5) is 8.78 Å². The Balaban J connectivity index is 2.72. The fourth-order valence-corrected chi connectivity index (χ4v) is 1.76. The second-order valence-electron chi connectivity index (χ2n) is 3.82. The third kappa shape index (κ3) is 4.13. The van der Waals surface area contributed by atoms with Crippen LogP contribution in [0.15, 0.2) is 18.3 Å². The van der Waals surface area contributed by atoms with E-state index in [1.54, 1.807) is 6.19 Å². The molecular formula is C11H13F2N3OS. The molecule has 0 saturated heterocycles. The number of rotatable bonds is 4. The average Bonchev–Trinajstić information content (AvgIpc) is 2.29. The summed E-state index contributed by atoms with van der Waals surface area (Å²) in [5, 5.41) is 8.69. The third-order valence-electron chi connectivity index (χ3n) is 2.30. The standard InChI is InChI=1S/C11H13F2N3OS/c1-11(12,13)10-4-3-9(7-15-10)5-6-16(8-14)18(2)17/h3-4,7H,5-6H2,1-2H3. The molecule has 0 N–H and O–H groups in total. The summed E-state index contributed by atoms with van der Waals surface area (Å²) < 4.78 is 38.0. The van der Waals surface area contributed by atoms with Crippen molar-refractivity contribution in [1.29, 1.82) is 5.26 Å². The molecule has 1 heterocycles. The number of nitrogens with zero attached hydrogens (tertiary/aromatic N) is 3. The number of pyridine rings is 1. The highest BCUT2D eigenvalue weighted by molar-refractivity contribution is 7.78. The predicted octanol–water partition coefficient (Wildman–Crippen LogP) is 1.79. The van der Waals surface area contributed by atoms with Gasteiger partial charge in [-0.05, 0) is 17.9 Å². The first-order valence-electron chi connectivity index (χ1n) is 5.18. The quantitative estimate of drug-likeness (QED) is 0.477. The van der Waals surface area contributed by atoms with Crippen LogP contribution in [0, 0.1) is 11.5 Å². The molecule has 4 nitrogen and oxygen atoms in total. The maximum atomic E-state index is 12.9. The Morgan fingerprint density at radius 1 is 1.56 bits per heavy atom. The number of hydrogen-bond acceptors (Lipinski definition) is 3. The molecule has 1 aromatic rings. The van der Waals surface area contributed by atoms with Crippen molar-refractivity contribution in [3.8, 4) is 6.19 Å². The molecule has 0 aromatic carbocycles. The van der Waals surface area contributed by atoms with Crippen molar-refractivity contribution in [2.75, 3.05) is 12.8 Å². The highest BCUT2D eigenvalue weighted by atomic mass is 32.2. The molecule has 0 fully saturated rings. The lowest BCUT2D eigenvalue weighted by atomic mass is 10.1. The van der Waals surface area contributed by atoms with Crippen molar-refractivity contribution >= 4 is 11.0 Å². The van der Waals surface area contributed by atoms with Crippen molar-refractivity contribution in [3.63, 3.8) is 0 Å². The van der Waals surface area contributed by atoms with Gasteiger partial charge in [0, 0.05) is 19.5 Å². The van der Waals surface area contributed by atoms with Gasteiger partial charge in [-0.1, -0.05) is 6.07 Å². The zero-order chi connectivity index (χ0) is 13.8. The molecule has 0 aliphatic carbocycles. The molecule has 0 saturated carbocycles. The number of halogens is 2. The summed E-state index contributed by atoms with van der Waals surface area (Å²) in [6, 6.07) is 2.79. The lowest BCUT2D eigenvalue weighted by molar-refractivity contribution is -0.414. The van der Waals surface area contributed by atoms with Crippen LogP contribution in [0.25, 0.3) is 0 Å². The molecule has 1 atom stereocenters. The molecule has 0 radical (unpaired) electrons. The van der Waals surface area contributed by atoms with Crippen LogP contribution in [0.3, 0.4) is 0 Å². The van der Waals surface area contributed by atoms with Crippen LogP contribution in [-0.2, 0) is 23.3 Å². The normalized spacial score (nSPS) is 13.9. The van der Waals surface area contributed by atoms with Gasteiger partial charge in [0.15, 0.2) is 5.26 Å². The van der Waals surface area contributed by atoms with Gasteiger partial charge in [-0.2, -0.15) is 12.7 Å². The minimum absolute atomic E-state index is 0.267. The van der Waals surface area contributed by atoms with Crippen molar-refractivity contribution in [1.82, 2.24) is 4.98 Å². The van der Waals surface area contributed by atoms with Gasteiger partial charge < -0.3 is 4.55 Å². The summed E-state index contributed by atoms with van der Waals surface area (Å²) in [5.41, 5.74) is 0.427. The van der Waals surface area contributed by atoms with E-state index < -0.39 is 16.9 Å². The minimum atomic E-state index is -2.96. The highest BCUT2D eigenvalue weighted by Crippen LogP contribution is 2.24. The van der Waals surface area contributed by atoms with Gasteiger partial charge in [0.25, 0.3) is 5.92 Å².